The van der Waals surface area contributed by atoms with Crippen LogP contribution in [0.15, 0.2) is 84.2 Å². The van der Waals surface area contributed by atoms with Crippen molar-refractivity contribution in [1.82, 2.24) is 4.90 Å². The highest BCUT2D eigenvalue weighted by Crippen LogP contribution is 2.31. The molecule has 8 nitrogen and oxygen atoms in total. The van der Waals surface area contributed by atoms with Gasteiger partial charge in [0.25, 0.3) is 5.91 Å². The topological polar surface area (TPSA) is 79.4 Å². The Kier molecular flexibility index (Phi) is 8.08. The van der Waals surface area contributed by atoms with Gasteiger partial charge in [-0.05, 0) is 60.7 Å². The quantitative estimate of drug-likeness (QED) is 0.526. The second-order valence-corrected chi connectivity index (χ2v) is 8.69. The average molecular weight is 542 g/mol. The van der Waals surface area contributed by atoms with Crippen LogP contribution in [0.4, 0.5) is 24.5 Å². The molecule has 1 fully saturated rings. The van der Waals surface area contributed by atoms with Gasteiger partial charge in [0.2, 0.25) is 0 Å². The first kappa shape index (κ1) is 27.5. The molecule has 39 heavy (non-hydrogen) atoms. The molecule has 0 unspecified atom stereocenters. The number of esters is 2. The third kappa shape index (κ3) is 5.97. The number of hydrogen-bond acceptors (Lipinski definition) is 7. The van der Waals surface area contributed by atoms with E-state index in [2.05, 4.69) is 0 Å². The van der Waals surface area contributed by atoms with E-state index < -0.39 is 23.7 Å². The highest BCUT2D eigenvalue weighted by atomic mass is 19.4. The third-order valence-electron chi connectivity index (χ3n) is 6.41. The molecule has 0 radical (unpaired) electrons. The molecule has 0 saturated carbocycles. The van der Waals surface area contributed by atoms with Crippen molar-refractivity contribution in [2.24, 2.45) is 0 Å². The highest BCUT2D eigenvalue weighted by molar-refractivity contribution is 6.05. The summed E-state index contributed by atoms with van der Waals surface area (Å²) in [7, 11) is 2.42. The van der Waals surface area contributed by atoms with Crippen LogP contribution in [0.5, 0.6) is 0 Å². The SMILES string of the molecule is COC(=O)C1=C(C(=O)OC)N(c2ccc(C(=O)N3CCN(c4ccc(C(F)(F)F)cc4)CC3)cc2)C=CC=C1. The van der Waals surface area contributed by atoms with Crippen LogP contribution in [-0.2, 0) is 25.2 Å². The number of methoxy groups -OCH3 is 2. The molecule has 11 heteroatoms. The van der Waals surface area contributed by atoms with Crippen molar-refractivity contribution in [2.45, 2.75) is 6.18 Å². The Hall–Kier alpha value is -4.54. The van der Waals surface area contributed by atoms with Crippen LogP contribution >= 0.6 is 0 Å². The van der Waals surface area contributed by atoms with E-state index in [0.717, 1.165) is 12.1 Å². The maximum Gasteiger partial charge on any atom is 0.416 e. The van der Waals surface area contributed by atoms with Gasteiger partial charge in [-0.1, -0.05) is 6.08 Å². The number of piperazine rings is 1. The standard InChI is InChI=1S/C28H26F3N3O5/c1-38-26(36)23-5-3-4-14-34(24(23)27(37)39-2)22-10-6-19(7-11-22)25(35)33-17-15-32(16-18-33)21-12-8-20(9-13-21)28(29,30)31/h3-14H,15-18H2,1-2H3. The van der Waals surface area contributed by atoms with Crippen LogP contribution in [-0.4, -0.2) is 63.1 Å². The second kappa shape index (κ2) is 11.5. The van der Waals surface area contributed by atoms with E-state index in [4.69, 9.17) is 9.47 Å². The van der Waals surface area contributed by atoms with Crippen molar-refractivity contribution in [3.05, 3.63) is 95.4 Å². The molecule has 0 aromatic heterocycles. The normalized spacial score (nSPS) is 15.8. The van der Waals surface area contributed by atoms with Crippen molar-refractivity contribution in [3.8, 4) is 0 Å². The zero-order valence-corrected chi connectivity index (χ0v) is 21.3. The fourth-order valence-electron chi connectivity index (χ4n) is 4.34. The molecule has 0 atom stereocenters. The zero-order valence-electron chi connectivity index (χ0n) is 21.3. The molecule has 2 aliphatic heterocycles. The Morgan fingerprint density at radius 1 is 0.769 bits per heavy atom. The Bertz CT molecular complexity index is 1320. The van der Waals surface area contributed by atoms with Crippen LogP contribution in [0, 0.1) is 0 Å². The molecule has 2 aliphatic rings. The maximum absolute atomic E-state index is 13.1. The molecule has 1 saturated heterocycles. The largest absolute Gasteiger partial charge is 0.465 e. The van der Waals surface area contributed by atoms with Crippen molar-refractivity contribution >= 4 is 29.2 Å². The number of nitrogens with zero attached hydrogens (tertiary/aromatic N) is 3. The summed E-state index contributed by atoms with van der Waals surface area (Å²) < 4.78 is 48.2. The lowest BCUT2D eigenvalue weighted by Gasteiger charge is -2.36. The van der Waals surface area contributed by atoms with E-state index in [9.17, 15) is 27.6 Å². The first-order valence-corrected chi connectivity index (χ1v) is 12.0. The molecule has 0 bridgehead atoms. The van der Waals surface area contributed by atoms with Crippen LogP contribution in [0.3, 0.4) is 0 Å². The number of rotatable bonds is 5. The number of amides is 1. The molecule has 2 aromatic rings. The number of halogens is 3. The molecular weight excluding hydrogens is 515 g/mol. The van der Waals surface area contributed by atoms with Gasteiger partial charge in [0.15, 0.2) is 0 Å². The molecule has 204 valence electrons. The molecule has 0 spiro atoms. The first-order chi connectivity index (χ1) is 18.6. The highest BCUT2D eigenvalue weighted by Gasteiger charge is 2.31. The summed E-state index contributed by atoms with van der Waals surface area (Å²) in [4.78, 5) is 43.2. The van der Waals surface area contributed by atoms with Crippen molar-refractivity contribution in [1.29, 1.82) is 0 Å². The first-order valence-electron chi connectivity index (χ1n) is 12.0. The van der Waals surface area contributed by atoms with Crippen LogP contribution in [0.2, 0.25) is 0 Å². The predicted molar refractivity (Wildman–Crippen MR) is 138 cm³/mol. The van der Waals surface area contributed by atoms with Gasteiger partial charge >= 0.3 is 18.1 Å². The van der Waals surface area contributed by atoms with E-state index in [1.54, 1.807) is 47.5 Å². The number of anilines is 2. The Morgan fingerprint density at radius 3 is 1.92 bits per heavy atom. The average Bonchev–Trinajstić information content (AvgIpc) is 3.19. The number of hydrogen-bond donors (Lipinski definition) is 0. The van der Waals surface area contributed by atoms with Gasteiger partial charge in [-0.15, -0.1) is 0 Å². The fourth-order valence-corrected chi connectivity index (χ4v) is 4.34. The van der Waals surface area contributed by atoms with E-state index in [1.165, 1.54) is 37.3 Å². The predicted octanol–water partition coefficient (Wildman–Crippen LogP) is 4.16. The van der Waals surface area contributed by atoms with Gasteiger partial charge in [-0.25, -0.2) is 9.59 Å². The number of allylic oxidation sites excluding steroid dienone is 2. The van der Waals surface area contributed by atoms with E-state index in [-0.39, 0.29) is 17.2 Å². The molecule has 2 heterocycles. The van der Waals surface area contributed by atoms with E-state index in [0.29, 0.717) is 43.1 Å². The summed E-state index contributed by atoms with van der Waals surface area (Å²) in [5.41, 5.74) is 0.885. The maximum atomic E-state index is 13.1. The number of carbonyl (C=O) groups excluding carboxylic acids is 3. The minimum Gasteiger partial charge on any atom is -0.465 e. The minimum atomic E-state index is -4.39. The Balaban J connectivity index is 1.46. The van der Waals surface area contributed by atoms with Crippen LogP contribution in [0.25, 0.3) is 0 Å². The summed E-state index contributed by atoms with van der Waals surface area (Å²) >= 11 is 0. The van der Waals surface area contributed by atoms with E-state index in [1.807, 2.05) is 4.90 Å². The lowest BCUT2D eigenvalue weighted by atomic mass is 10.1. The van der Waals surface area contributed by atoms with Gasteiger partial charge in [0, 0.05) is 49.3 Å². The zero-order chi connectivity index (χ0) is 28.2. The van der Waals surface area contributed by atoms with Gasteiger partial charge in [0.05, 0.1) is 25.4 Å². The molecule has 0 aliphatic carbocycles. The summed E-state index contributed by atoms with van der Waals surface area (Å²) in [6.45, 7) is 1.76. The summed E-state index contributed by atoms with van der Waals surface area (Å²) in [6.07, 6.45) is 1.90. The summed E-state index contributed by atoms with van der Waals surface area (Å²) in [6, 6.07) is 11.5. The third-order valence-corrected chi connectivity index (χ3v) is 6.41. The fraction of sp³-hybridized carbons (Fsp3) is 0.250. The lowest BCUT2D eigenvalue weighted by Crippen LogP contribution is -2.48. The number of ether oxygens (including phenoxy) is 2. The van der Waals surface area contributed by atoms with Crippen LogP contribution in [0.1, 0.15) is 15.9 Å². The van der Waals surface area contributed by atoms with E-state index >= 15 is 0 Å². The second-order valence-electron chi connectivity index (χ2n) is 8.69. The number of benzene rings is 2. The van der Waals surface area contributed by atoms with Gasteiger partial charge in [-0.2, -0.15) is 13.2 Å². The van der Waals surface area contributed by atoms with Gasteiger partial charge < -0.3 is 24.2 Å². The van der Waals surface area contributed by atoms with Gasteiger partial charge in [-0.3, -0.25) is 4.79 Å². The number of carbonyl (C=O) groups is 3. The molecule has 4 rings (SSSR count). The monoisotopic (exact) mass is 541 g/mol. The van der Waals surface area contributed by atoms with Gasteiger partial charge in [0.1, 0.15) is 5.70 Å². The lowest BCUT2D eigenvalue weighted by molar-refractivity contribution is -0.139. The van der Waals surface area contributed by atoms with Crippen LogP contribution < -0.4 is 9.80 Å². The minimum absolute atomic E-state index is 0.0143. The number of alkyl halides is 3. The smallest absolute Gasteiger partial charge is 0.416 e. The molecule has 0 N–H and O–H groups in total. The summed E-state index contributed by atoms with van der Waals surface area (Å²) in [5, 5.41) is 0. The molecule has 1 amide bonds. The Morgan fingerprint density at radius 2 is 1.36 bits per heavy atom. The van der Waals surface area contributed by atoms with Crippen molar-refractivity contribution < 1.29 is 37.0 Å². The summed E-state index contributed by atoms with van der Waals surface area (Å²) in [5.74, 6) is -1.64. The molecular formula is C28H26F3N3O5. The van der Waals surface area contributed by atoms with Crippen molar-refractivity contribution in [2.75, 3.05) is 50.2 Å². The van der Waals surface area contributed by atoms with Crippen molar-refractivity contribution in [3.63, 3.8) is 0 Å². The Labute approximate surface area is 223 Å². The molecule has 2 aromatic carbocycles.